The monoisotopic (exact) mass is 356 g/mol. The Bertz CT molecular complexity index is 917. The van der Waals surface area contributed by atoms with Crippen LogP contribution in [0.3, 0.4) is 0 Å². The van der Waals surface area contributed by atoms with Gasteiger partial charge in [-0.25, -0.2) is 4.68 Å². The first-order chi connectivity index (χ1) is 11.6. The SMILES string of the molecule is Cc1ccc(-c2nn(CN3CCc4sccc4C3)c(=S)n2C)cc1. The van der Waals surface area contributed by atoms with Crippen molar-refractivity contribution in [1.29, 1.82) is 0 Å². The van der Waals surface area contributed by atoms with Crippen LogP contribution in [0.15, 0.2) is 35.7 Å². The number of hydrogen-bond acceptors (Lipinski definition) is 4. The van der Waals surface area contributed by atoms with Gasteiger partial charge in [0.25, 0.3) is 0 Å². The van der Waals surface area contributed by atoms with Crippen LogP contribution in [-0.2, 0) is 26.7 Å². The second kappa shape index (κ2) is 6.27. The molecule has 1 aliphatic heterocycles. The lowest BCUT2D eigenvalue weighted by Crippen LogP contribution is -2.32. The fourth-order valence-corrected chi connectivity index (χ4v) is 4.23. The van der Waals surface area contributed by atoms with E-state index >= 15 is 0 Å². The molecule has 124 valence electrons. The van der Waals surface area contributed by atoms with E-state index in [-0.39, 0.29) is 0 Å². The van der Waals surface area contributed by atoms with Crippen LogP contribution < -0.4 is 0 Å². The van der Waals surface area contributed by atoms with Gasteiger partial charge >= 0.3 is 0 Å². The second-order valence-corrected chi connectivity index (χ2v) is 7.71. The van der Waals surface area contributed by atoms with Crippen LogP contribution in [-0.4, -0.2) is 25.8 Å². The first kappa shape index (κ1) is 15.7. The molecule has 1 aromatic carbocycles. The van der Waals surface area contributed by atoms with Gasteiger partial charge in [0.15, 0.2) is 10.6 Å². The van der Waals surface area contributed by atoms with Crippen LogP contribution in [0, 0.1) is 11.7 Å². The molecule has 0 aliphatic carbocycles. The van der Waals surface area contributed by atoms with E-state index in [0.717, 1.165) is 42.3 Å². The van der Waals surface area contributed by atoms with E-state index in [1.165, 1.54) is 16.0 Å². The van der Waals surface area contributed by atoms with Gasteiger partial charge in [0, 0.05) is 30.6 Å². The highest BCUT2D eigenvalue weighted by molar-refractivity contribution is 7.71. The van der Waals surface area contributed by atoms with Gasteiger partial charge in [-0.3, -0.25) is 4.90 Å². The minimum Gasteiger partial charge on any atom is -0.303 e. The fourth-order valence-electron chi connectivity index (χ4n) is 3.15. The maximum absolute atomic E-state index is 5.61. The van der Waals surface area contributed by atoms with Crippen molar-refractivity contribution in [2.75, 3.05) is 6.54 Å². The minimum absolute atomic E-state index is 0.744. The van der Waals surface area contributed by atoms with Crippen molar-refractivity contribution in [3.05, 3.63) is 56.5 Å². The number of nitrogens with zero attached hydrogens (tertiary/aromatic N) is 4. The van der Waals surface area contributed by atoms with Crippen LogP contribution in [0.1, 0.15) is 16.0 Å². The Morgan fingerprint density at radius 1 is 1.21 bits per heavy atom. The summed E-state index contributed by atoms with van der Waals surface area (Å²) in [5, 5.41) is 6.97. The maximum Gasteiger partial charge on any atom is 0.199 e. The smallest absolute Gasteiger partial charge is 0.199 e. The van der Waals surface area contributed by atoms with Crippen LogP contribution >= 0.6 is 23.6 Å². The van der Waals surface area contributed by atoms with E-state index in [1.807, 2.05) is 27.6 Å². The van der Waals surface area contributed by atoms with Crippen LogP contribution in [0.25, 0.3) is 11.4 Å². The van der Waals surface area contributed by atoms with Gasteiger partial charge in [-0.15, -0.1) is 11.3 Å². The molecule has 6 heteroatoms. The fraction of sp³-hybridized carbons (Fsp3) is 0.333. The molecule has 0 saturated carbocycles. The summed E-state index contributed by atoms with van der Waals surface area (Å²) in [7, 11) is 1.99. The van der Waals surface area contributed by atoms with Crippen molar-refractivity contribution >= 4 is 23.6 Å². The molecule has 0 unspecified atom stereocenters. The summed E-state index contributed by atoms with van der Waals surface area (Å²) < 4.78 is 4.71. The Hall–Kier alpha value is -1.76. The first-order valence-corrected chi connectivity index (χ1v) is 9.39. The van der Waals surface area contributed by atoms with Gasteiger partial charge in [0.2, 0.25) is 0 Å². The number of aromatic nitrogens is 3. The molecule has 24 heavy (non-hydrogen) atoms. The molecular weight excluding hydrogens is 336 g/mol. The molecule has 2 aromatic heterocycles. The topological polar surface area (TPSA) is 26.0 Å². The van der Waals surface area contributed by atoms with Crippen molar-refractivity contribution in [2.24, 2.45) is 7.05 Å². The van der Waals surface area contributed by atoms with Crippen LogP contribution in [0.5, 0.6) is 0 Å². The zero-order valence-corrected chi connectivity index (χ0v) is 15.5. The van der Waals surface area contributed by atoms with E-state index in [2.05, 4.69) is 47.5 Å². The average Bonchev–Trinajstić information content (AvgIpc) is 3.15. The quantitative estimate of drug-likeness (QED) is 0.663. The third-order valence-corrected chi connectivity index (χ3v) is 6.08. The van der Waals surface area contributed by atoms with E-state index in [9.17, 15) is 0 Å². The molecule has 0 spiro atoms. The molecule has 0 atom stereocenters. The van der Waals surface area contributed by atoms with Crippen molar-refractivity contribution < 1.29 is 0 Å². The molecule has 4 rings (SSSR count). The molecule has 0 fully saturated rings. The maximum atomic E-state index is 5.61. The van der Waals surface area contributed by atoms with Crippen LogP contribution in [0.2, 0.25) is 0 Å². The van der Waals surface area contributed by atoms with Gasteiger partial charge in [-0.05, 0) is 42.6 Å². The first-order valence-electron chi connectivity index (χ1n) is 8.10. The largest absolute Gasteiger partial charge is 0.303 e. The summed E-state index contributed by atoms with van der Waals surface area (Å²) in [5.41, 5.74) is 3.80. The summed E-state index contributed by atoms with van der Waals surface area (Å²) in [5.74, 6) is 0.924. The summed E-state index contributed by atoms with van der Waals surface area (Å²) in [6, 6.07) is 10.7. The highest BCUT2D eigenvalue weighted by Crippen LogP contribution is 2.24. The number of fused-ring (bicyclic) bond motifs is 1. The summed E-state index contributed by atoms with van der Waals surface area (Å²) in [6.45, 7) is 4.88. The zero-order chi connectivity index (χ0) is 16.7. The second-order valence-electron chi connectivity index (χ2n) is 6.34. The van der Waals surface area contributed by atoms with Gasteiger partial charge in [0.1, 0.15) is 0 Å². The van der Waals surface area contributed by atoms with Gasteiger partial charge in [0.05, 0.1) is 6.67 Å². The van der Waals surface area contributed by atoms with Crippen molar-refractivity contribution in [2.45, 2.75) is 26.6 Å². The van der Waals surface area contributed by atoms with E-state index in [0.29, 0.717) is 0 Å². The number of benzene rings is 1. The average molecular weight is 357 g/mol. The standard InChI is InChI=1S/C18H20N4S2/c1-13-3-5-14(6-4-13)17-19-22(18(23)20(17)2)12-21-9-7-16-15(11-21)8-10-24-16/h3-6,8,10H,7,9,11-12H2,1-2H3. The Morgan fingerprint density at radius 3 is 2.79 bits per heavy atom. The molecule has 0 N–H and O–H groups in total. The van der Waals surface area contributed by atoms with E-state index in [1.54, 1.807) is 0 Å². The molecule has 4 nitrogen and oxygen atoms in total. The Kier molecular flexibility index (Phi) is 4.12. The summed E-state index contributed by atoms with van der Waals surface area (Å²) >= 11 is 7.48. The molecular formula is C18H20N4S2. The highest BCUT2D eigenvalue weighted by Gasteiger charge is 2.19. The Morgan fingerprint density at radius 2 is 2.00 bits per heavy atom. The lowest BCUT2D eigenvalue weighted by Gasteiger charge is -2.26. The Balaban J connectivity index is 1.60. The predicted octanol–water partition coefficient (Wildman–Crippen LogP) is 4.00. The lowest BCUT2D eigenvalue weighted by atomic mass is 10.1. The van der Waals surface area contributed by atoms with Gasteiger partial charge < -0.3 is 4.57 Å². The third-order valence-electron chi connectivity index (χ3n) is 4.57. The molecule has 0 amide bonds. The minimum atomic E-state index is 0.744. The molecule has 0 radical (unpaired) electrons. The number of rotatable bonds is 3. The van der Waals surface area contributed by atoms with Crippen molar-refractivity contribution in [3.63, 3.8) is 0 Å². The number of thiophene rings is 1. The lowest BCUT2D eigenvalue weighted by molar-refractivity contribution is 0.189. The van der Waals surface area contributed by atoms with Crippen LogP contribution in [0.4, 0.5) is 0 Å². The highest BCUT2D eigenvalue weighted by atomic mass is 32.1. The van der Waals surface area contributed by atoms with Gasteiger partial charge in [-0.2, -0.15) is 5.10 Å². The number of aryl methyl sites for hydroxylation is 1. The predicted molar refractivity (Wildman–Crippen MR) is 101 cm³/mol. The normalized spacial score (nSPS) is 14.8. The molecule has 1 aliphatic rings. The van der Waals surface area contributed by atoms with Crippen molar-refractivity contribution in [3.8, 4) is 11.4 Å². The van der Waals surface area contributed by atoms with Gasteiger partial charge in [-0.1, -0.05) is 29.8 Å². The molecule has 0 bridgehead atoms. The summed E-state index contributed by atoms with van der Waals surface area (Å²) in [6.07, 6.45) is 1.12. The van der Waals surface area contributed by atoms with E-state index in [4.69, 9.17) is 17.3 Å². The molecule has 0 saturated heterocycles. The molecule has 3 aromatic rings. The Labute approximate surface area is 151 Å². The van der Waals surface area contributed by atoms with Crippen molar-refractivity contribution in [1.82, 2.24) is 19.2 Å². The number of hydrogen-bond donors (Lipinski definition) is 0. The summed E-state index contributed by atoms with van der Waals surface area (Å²) in [4.78, 5) is 3.94. The zero-order valence-electron chi connectivity index (χ0n) is 13.9. The molecule has 3 heterocycles. The van der Waals surface area contributed by atoms with E-state index < -0.39 is 0 Å². The third kappa shape index (κ3) is 2.85.